The van der Waals surface area contributed by atoms with Crippen molar-refractivity contribution >= 4 is 22.8 Å². The molecule has 1 fully saturated rings. The van der Waals surface area contributed by atoms with Crippen molar-refractivity contribution in [3.63, 3.8) is 0 Å². The minimum absolute atomic E-state index is 0.356. The molecule has 0 atom stereocenters. The molecule has 1 aliphatic carbocycles. The molecular weight excluding hydrogens is 256 g/mol. The Hall–Kier alpha value is -2.30. The lowest BCUT2D eigenvalue weighted by Crippen LogP contribution is -2.52. The Morgan fingerprint density at radius 2 is 1.90 bits per heavy atom. The number of aliphatic carboxylic acids is 1. The number of benzene rings is 1. The molecule has 0 unspecified atom stereocenters. The fourth-order valence-electron chi connectivity index (χ4n) is 2.85. The SMILES string of the molecule is O=C(NC1(C(=O)O)CCCC1)c1cc2ccccc2[nH]1. The first kappa shape index (κ1) is 12.7. The van der Waals surface area contributed by atoms with Gasteiger partial charge in [-0.25, -0.2) is 4.79 Å². The number of amides is 1. The van der Waals surface area contributed by atoms with E-state index < -0.39 is 11.5 Å². The molecule has 0 spiro atoms. The van der Waals surface area contributed by atoms with E-state index in [1.165, 1.54) is 0 Å². The molecule has 0 aliphatic heterocycles. The van der Waals surface area contributed by atoms with Gasteiger partial charge in [-0.2, -0.15) is 0 Å². The highest BCUT2D eigenvalue weighted by molar-refractivity contribution is 6.00. The van der Waals surface area contributed by atoms with Gasteiger partial charge in [-0.05, 0) is 25.0 Å². The standard InChI is InChI=1S/C15H16N2O3/c18-13(17-15(14(19)20)7-3-4-8-15)12-9-10-5-1-2-6-11(10)16-12/h1-2,5-6,9,16H,3-4,7-8H2,(H,17,18)(H,19,20). The zero-order chi connectivity index (χ0) is 14.2. The number of aromatic amines is 1. The van der Waals surface area contributed by atoms with Crippen molar-refractivity contribution in [1.82, 2.24) is 10.3 Å². The highest BCUT2D eigenvalue weighted by Gasteiger charge is 2.42. The Labute approximate surface area is 116 Å². The molecule has 1 saturated carbocycles. The summed E-state index contributed by atoms with van der Waals surface area (Å²) in [6.07, 6.45) is 2.65. The molecule has 5 nitrogen and oxygen atoms in total. The molecule has 1 aliphatic rings. The molecule has 1 heterocycles. The Balaban J connectivity index is 1.87. The van der Waals surface area contributed by atoms with Crippen LogP contribution in [0.5, 0.6) is 0 Å². The van der Waals surface area contributed by atoms with Crippen molar-refractivity contribution in [2.45, 2.75) is 31.2 Å². The number of hydrogen-bond donors (Lipinski definition) is 3. The van der Waals surface area contributed by atoms with Crippen molar-refractivity contribution in [2.75, 3.05) is 0 Å². The van der Waals surface area contributed by atoms with E-state index in [2.05, 4.69) is 10.3 Å². The summed E-state index contributed by atoms with van der Waals surface area (Å²) in [6, 6.07) is 9.32. The molecule has 3 N–H and O–H groups in total. The number of fused-ring (bicyclic) bond motifs is 1. The Bertz CT molecular complexity index is 636. The van der Waals surface area contributed by atoms with Crippen LogP contribution in [0.15, 0.2) is 30.3 Å². The maximum atomic E-state index is 12.3. The Kier molecular flexibility index (Phi) is 2.97. The van der Waals surface area contributed by atoms with Gasteiger partial charge in [0.1, 0.15) is 11.2 Å². The van der Waals surface area contributed by atoms with Crippen molar-refractivity contribution < 1.29 is 14.7 Å². The average Bonchev–Trinajstić information content (AvgIpc) is 3.05. The van der Waals surface area contributed by atoms with Crippen LogP contribution in [-0.2, 0) is 4.79 Å². The summed E-state index contributed by atoms with van der Waals surface area (Å²) in [5.41, 5.74) is 0.168. The van der Waals surface area contributed by atoms with Crippen LogP contribution in [0.4, 0.5) is 0 Å². The first-order valence-corrected chi connectivity index (χ1v) is 6.74. The lowest BCUT2D eigenvalue weighted by Gasteiger charge is -2.24. The first-order chi connectivity index (χ1) is 9.61. The molecular formula is C15H16N2O3. The third kappa shape index (κ3) is 2.05. The third-order valence-electron chi connectivity index (χ3n) is 3.99. The second-order valence-electron chi connectivity index (χ2n) is 5.32. The third-order valence-corrected chi connectivity index (χ3v) is 3.99. The number of carboxylic acid groups (broad SMARTS) is 1. The molecule has 1 aromatic heterocycles. The number of carboxylic acids is 1. The number of carbonyl (C=O) groups is 2. The van der Waals surface area contributed by atoms with Gasteiger partial charge in [0.15, 0.2) is 0 Å². The number of hydrogen-bond acceptors (Lipinski definition) is 2. The van der Waals surface area contributed by atoms with E-state index in [9.17, 15) is 14.7 Å². The van der Waals surface area contributed by atoms with Gasteiger partial charge in [-0.1, -0.05) is 31.0 Å². The number of aromatic nitrogens is 1. The zero-order valence-electron chi connectivity index (χ0n) is 11.0. The summed E-state index contributed by atoms with van der Waals surface area (Å²) >= 11 is 0. The predicted molar refractivity (Wildman–Crippen MR) is 74.6 cm³/mol. The van der Waals surface area contributed by atoms with Crippen LogP contribution < -0.4 is 5.32 Å². The molecule has 5 heteroatoms. The second kappa shape index (κ2) is 4.67. The van der Waals surface area contributed by atoms with Gasteiger partial charge in [0.2, 0.25) is 0 Å². The van der Waals surface area contributed by atoms with Crippen molar-refractivity contribution in [3.8, 4) is 0 Å². The molecule has 0 bridgehead atoms. The molecule has 20 heavy (non-hydrogen) atoms. The summed E-state index contributed by atoms with van der Waals surface area (Å²) < 4.78 is 0. The Morgan fingerprint density at radius 1 is 1.20 bits per heavy atom. The van der Waals surface area contributed by atoms with Gasteiger partial charge in [0.05, 0.1) is 0 Å². The number of para-hydroxylation sites is 1. The predicted octanol–water partition coefficient (Wildman–Crippen LogP) is 2.30. The maximum Gasteiger partial charge on any atom is 0.329 e. The van der Waals surface area contributed by atoms with Crippen molar-refractivity contribution in [2.24, 2.45) is 0 Å². The van der Waals surface area contributed by atoms with Crippen molar-refractivity contribution in [1.29, 1.82) is 0 Å². The van der Waals surface area contributed by atoms with E-state index in [1.54, 1.807) is 6.07 Å². The Morgan fingerprint density at radius 3 is 2.55 bits per heavy atom. The summed E-state index contributed by atoms with van der Waals surface area (Å²) in [6.45, 7) is 0. The largest absolute Gasteiger partial charge is 0.480 e. The van der Waals surface area contributed by atoms with E-state index in [0.29, 0.717) is 18.5 Å². The van der Waals surface area contributed by atoms with E-state index in [4.69, 9.17) is 0 Å². The summed E-state index contributed by atoms with van der Waals surface area (Å²) in [5.74, 6) is -1.30. The van der Waals surface area contributed by atoms with Gasteiger partial charge in [-0.15, -0.1) is 0 Å². The van der Waals surface area contributed by atoms with Crippen LogP contribution >= 0.6 is 0 Å². The van der Waals surface area contributed by atoms with Crippen LogP contribution in [0.3, 0.4) is 0 Å². The minimum atomic E-state index is -1.10. The van der Waals surface area contributed by atoms with E-state index in [0.717, 1.165) is 23.7 Å². The van der Waals surface area contributed by atoms with Crippen molar-refractivity contribution in [3.05, 3.63) is 36.0 Å². The lowest BCUT2D eigenvalue weighted by molar-refractivity contribution is -0.144. The first-order valence-electron chi connectivity index (χ1n) is 6.74. The molecule has 0 saturated heterocycles. The lowest BCUT2D eigenvalue weighted by atomic mass is 9.97. The van der Waals surface area contributed by atoms with Gasteiger partial charge in [0, 0.05) is 10.9 Å². The van der Waals surface area contributed by atoms with Crippen LogP contribution in [0, 0.1) is 0 Å². The van der Waals surface area contributed by atoms with E-state index in [1.807, 2.05) is 24.3 Å². The van der Waals surface area contributed by atoms with E-state index in [-0.39, 0.29) is 5.91 Å². The van der Waals surface area contributed by atoms with Crippen LogP contribution in [0.25, 0.3) is 10.9 Å². The number of carbonyl (C=O) groups excluding carboxylic acids is 1. The van der Waals surface area contributed by atoms with E-state index >= 15 is 0 Å². The number of rotatable bonds is 3. The monoisotopic (exact) mass is 272 g/mol. The fourth-order valence-corrected chi connectivity index (χ4v) is 2.85. The van der Waals surface area contributed by atoms with Crippen LogP contribution in [0.1, 0.15) is 36.2 Å². The second-order valence-corrected chi connectivity index (χ2v) is 5.32. The molecule has 0 radical (unpaired) electrons. The highest BCUT2D eigenvalue weighted by Crippen LogP contribution is 2.30. The van der Waals surface area contributed by atoms with Crippen LogP contribution in [0.2, 0.25) is 0 Å². The summed E-state index contributed by atoms with van der Waals surface area (Å²) in [7, 11) is 0. The minimum Gasteiger partial charge on any atom is -0.480 e. The molecule has 1 aromatic carbocycles. The number of H-pyrrole nitrogens is 1. The highest BCUT2D eigenvalue weighted by atomic mass is 16.4. The van der Waals surface area contributed by atoms with Gasteiger partial charge in [0.25, 0.3) is 5.91 Å². The summed E-state index contributed by atoms with van der Waals surface area (Å²) in [4.78, 5) is 26.7. The zero-order valence-corrected chi connectivity index (χ0v) is 11.0. The van der Waals surface area contributed by atoms with Gasteiger partial charge in [-0.3, -0.25) is 4.79 Å². The molecule has 104 valence electrons. The quantitative estimate of drug-likeness (QED) is 0.801. The molecule has 2 aromatic rings. The fraction of sp³-hybridized carbons (Fsp3) is 0.333. The topological polar surface area (TPSA) is 82.2 Å². The van der Waals surface area contributed by atoms with Crippen LogP contribution in [-0.4, -0.2) is 27.5 Å². The maximum absolute atomic E-state index is 12.3. The molecule has 3 rings (SSSR count). The van der Waals surface area contributed by atoms with Gasteiger partial charge < -0.3 is 15.4 Å². The summed E-state index contributed by atoms with van der Waals surface area (Å²) in [5, 5.41) is 13.0. The average molecular weight is 272 g/mol. The smallest absolute Gasteiger partial charge is 0.329 e. The number of nitrogens with one attached hydrogen (secondary N) is 2. The van der Waals surface area contributed by atoms with Gasteiger partial charge >= 0.3 is 5.97 Å². The molecule has 1 amide bonds. The normalized spacial score (nSPS) is 17.2.